The highest BCUT2D eigenvalue weighted by molar-refractivity contribution is 5.97. The predicted molar refractivity (Wildman–Crippen MR) is 72.0 cm³/mol. The van der Waals surface area contributed by atoms with Crippen LogP contribution in [0.1, 0.15) is 29.8 Å². The van der Waals surface area contributed by atoms with Crippen molar-refractivity contribution in [3.63, 3.8) is 0 Å². The molecule has 0 aromatic heterocycles. The van der Waals surface area contributed by atoms with E-state index in [9.17, 15) is 4.79 Å². The van der Waals surface area contributed by atoms with Crippen molar-refractivity contribution >= 4 is 11.6 Å². The minimum atomic E-state index is 0.00435. The first kappa shape index (κ1) is 13.3. The second-order valence-electron chi connectivity index (χ2n) is 4.36. The number of nitrogen functional groups attached to an aromatic ring is 1. The van der Waals surface area contributed by atoms with E-state index >= 15 is 0 Å². The number of benzene rings is 1. The van der Waals surface area contributed by atoms with Gasteiger partial charge in [0.05, 0.1) is 0 Å². The van der Waals surface area contributed by atoms with Crippen LogP contribution in [0.4, 0.5) is 5.69 Å². The Morgan fingerprint density at radius 1 is 1.53 bits per heavy atom. The zero-order valence-corrected chi connectivity index (χ0v) is 10.7. The van der Waals surface area contributed by atoms with E-state index in [0.29, 0.717) is 17.8 Å². The molecule has 0 radical (unpaired) electrons. The van der Waals surface area contributed by atoms with Gasteiger partial charge >= 0.3 is 0 Å². The standard InChI is InChI=1S/C14H20N2O/c1-5-9-16(10(2)3)14(17)12-7-6-8-13(15)11(12)4/h5-8,10H,1,9,15H2,2-4H3. The molecule has 1 aromatic rings. The molecule has 0 atom stereocenters. The molecule has 1 aromatic carbocycles. The van der Waals surface area contributed by atoms with Crippen LogP contribution in [0.25, 0.3) is 0 Å². The van der Waals surface area contributed by atoms with Gasteiger partial charge in [0.15, 0.2) is 0 Å². The lowest BCUT2D eigenvalue weighted by Gasteiger charge is -2.26. The van der Waals surface area contributed by atoms with E-state index in [1.165, 1.54) is 0 Å². The fraction of sp³-hybridized carbons (Fsp3) is 0.357. The van der Waals surface area contributed by atoms with Crippen molar-refractivity contribution in [2.45, 2.75) is 26.8 Å². The summed E-state index contributed by atoms with van der Waals surface area (Å²) in [5.74, 6) is 0.00435. The Morgan fingerprint density at radius 2 is 2.18 bits per heavy atom. The van der Waals surface area contributed by atoms with Crippen molar-refractivity contribution in [3.8, 4) is 0 Å². The number of amides is 1. The fourth-order valence-electron chi connectivity index (χ4n) is 1.71. The van der Waals surface area contributed by atoms with Crippen LogP contribution in [-0.2, 0) is 0 Å². The van der Waals surface area contributed by atoms with Crippen LogP contribution in [0.5, 0.6) is 0 Å². The summed E-state index contributed by atoms with van der Waals surface area (Å²) < 4.78 is 0. The van der Waals surface area contributed by atoms with E-state index in [1.807, 2.05) is 32.9 Å². The highest BCUT2D eigenvalue weighted by Crippen LogP contribution is 2.18. The summed E-state index contributed by atoms with van der Waals surface area (Å²) in [6.45, 7) is 10.1. The average Bonchev–Trinajstić information content (AvgIpc) is 2.28. The maximum Gasteiger partial charge on any atom is 0.254 e. The number of rotatable bonds is 4. The number of anilines is 1. The average molecular weight is 232 g/mol. The number of nitrogens with two attached hydrogens (primary N) is 1. The summed E-state index contributed by atoms with van der Waals surface area (Å²) in [7, 11) is 0. The fourth-order valence-corrected chi connectivity index (χ4v) is 1.71. The molecule has 3 heteroatoms. The van der Waals surface area contributed by atoms with Crippen LogP contribution in [0, 0.1) is 6.92 Å². The first-order chi connectivity index (χ1) is 7.99. The molecule has 0 fully saturated rings. The van der Waals surface area contributed by atoms with Gasteiger partial charge in [-0.1, -0.05) is 12.1 Å². The van der Waals surface area contributed by atoms with Crippen molar-refractivity contribution in [2.75, 3.05) is 12.3 Å². The second-order valence-corrected chi connectivity index (χ2v) is 4.36. The zero-order chi connectivity index (χ0) is 13.0. The maximum atomic E-state index is 12.4. The van der Waals surface area contributed by atoms with E-state index in [-0.39, 0.29) is 11.9 Å². The van der Waals surface area contributed by atoms with Gasteiger partial charge in [-0.25, -0.2) is 0 Å². The Hall–Kier alpha value is -1.77. The van der Waals surface area contributed by atoms with Crippen molar-refractivity contribution in [1.82, 2.24) is 4.90 Å². The Kier molecular flexibility index (Phi) is 4.32. The highest BCUT2D eigenvalue weighted by atomic mass is 16.2. The second kappa shape index (κ2) is 5.53. The molecule has 2 N–H and O–H groups in total. The van der Waals surface area contributed by atoms with Gasteiger partial charge < -0.3 is 10.6 Å². The lowest BCUT2D eigenvalue weighted by atomic mass is 10.1. The van der Waals surface area contributed by atoms with Crippen LogP contribution in [0.3, 0.4) is 0 Å². The molecular formula is C14H20N2O. The van der Waals surface area contributed by atoms with Crippen LogP contribution >= 0.6 is 0 Å². The van der Waals surface area contributed by atoms with E-state index < -0.39 is 0 Å². The van der Waals surface area contributed by atoms with Gasteiger partial charge in [-0.2, -0.15) is 0 Å². The topological polar surface area (TPSA) is 46.3 Å². The highest BCUT2D eigenvalue weighted by Gasteiger charge is 2.19. The number of carbonyl (C=O) groups is 1. The molecule has 3 nitrogen and oxygen atoms in total. The molecule has 0 saturated heterocycles. The number of hydrogen-bond acceptors (Lipinski definition) is 2. The van der Waals surface area contributed by atoms with E-state index in [2.05, 4.69) is 6.58 Å². The Labute approximate surface area is 103 Å². The van der Waals surface area contributed by atoms with E-state index in [0.717, 1.165) is 5.56 Å². The van der Waals surface area contributed by atoms with Crippen LogP contribution in [0.15, 0.2) is 30.9 Å². The van der Waals surface area contributed by atoms with Crippen LogP contribution < -0.4 is 5.73 Å². The summed E-state index contributed by atoms with van der Waals surface area (Å²) in [6, 6.07) is 5.56. The normalized spacial score (nSPS) is 10.4. The van der Waals surface area contributed by atoms with Gasteiger partial charge in [-0.15, -0.1) is 6.58 Å². The summed E-state index contributed by atoms with van der Waals surface area (Å²) in [5, 5.41) is 0. The summed E-state index contributed by atoms with van der Waals surface area (Å²) in [5.41, 5.74) is 7.98. The summed E-state index contributed by atoms with van der Waals surface area (Å²) >= 11 is 0. The molecule has 0 saturated carbocycles. The molecule has 0 spiro atoms. The Balaban J connectivity index is 3.09. The smallest absolute Gasteiger partial charge is 0.254 e. The third-order valence-corrected chi connectivity index (χ3v) is 2.82. The van der Waals surface area contributed by atoms with Crippen LogP contribution in [0.2, 0.25) is 0 Å². The molecule has 0 aliphatic heterocycles. The third kappa shape index (κ3) is 2.87. The number of carbonyl (C=O) groups excluding carboxylic acids is 1. The molecule has 92 valence electrons. The van der Waals surface area contributed by atoms with Crippen LogP contribution in [-0.4, -0.2) is 23.4 Å². The lowest BCUT2D eigenvalue weighted by Crippen LogP contribution is -2.37. The molecule has 17 heavy (non-hydrogen) atoms. The SMILES string of the molecule is C=CCN(C(=O)c1cccc(N)c1C)C(C)C. The maximum absolute atomic E-state index is 12.4. The van der Waals surface area contributed by atoms with Crippen molar-refractivity contribution in [1.29, 1.82) is 0 Å². The van der Waals surface area contributed by atoms with Crippen molar-refractivity contribution in [2.24, 2.45) is 0 Å². The first-order valence-corrected chi connectivity index (χ1v) is 5.76. The quantitative estimate of drug-likeness (QED) is 0.640. The minimum absolute atomic E-state index is 0.00435. The monoisotopic (exact) mass is 232 g/mol. The predicted octanol–water partition coefficient (Wildman–Crippen LogP) is 2.61. The summed E-state index contributed by atoms with van der Waals surface area (Å²) in [6.07, 6.45) is 1.74. The van der Waals surface area contributed by atoms with Crippen molar-refractivity contribution in [3.05, 3.63) is 42.0 Å². The largest absolute Gasteiger partial charge is 0.398 e. The van der Waals surface area contributed by atoms with Gasteiger partial charge in [-0.05, 0) is 38.5 Å². The van der Waals surface area contributed by atoms with Gasteiger partial charge in [0, 0.05) is 23.8 Å². The number of nitrogens with zero attached hydrogens (tertiary/aromatic N) is 1. The van der Waals surface area contributed by atoms with Gasteiger partial charge in [0.25, 0.3) is 5.91 Å². The summed E-state index contributed by atoms with van der Waals surface area (Å²) in [4.78, 5) is 14.1. The molecule has 0 aliphatic carbocycles. The molecular weight excluding hydrogens is 212 g/mol. The lowest BCUT2D eigenvalue weighted by molar-refractivity contribution is 0.0728. The Morgan fingerprint density at radius 3 is 2.71 bits per heavy atom. The molecule has 0 aliphatic rings. The Bertz CT molecular complexity index is 424. The van der Waals surface area contributed by atoms with Crippen molar-refractivity contribution < 1.29 is 4.79 Å². The minimum Gasteiger partial charge on any atom is -0.398 e. The van der Waals surface area contributed by atoms with Gasteiger partial charge in [-0.3, -0.25) is 4.79 Å². The van der Waals surface area contributed by atoms with Gasteiger partial charge in [0.2, 0.25) is 0 Å². The first-order valence-electron chi connectivity index (χ1n) is 5.76. The molecule has 1 rings (SSSR count). The molecule has 0 bridgehead atoms. The van der Waals surface area contributed by atoms with E-state index in [4.69, 9.17) is 5.73 Å². The van der Waals surface area contributed by atoms with E-state index in [1.54, 1.807) is 17.0 Å². The zero-order valence-electron chi connectivity index (χ0n) is 10.7. The number of hydrogen-bond donors (Lipinski definition) is 1. The molecule has 0 heterocycles. The third-order valence-electron chi connectivity index (χ3n) is 2.82. The molecule has 1 amide bonds. The van der Waals surface area contributed by atoms with Gasteiger partial charge in [0.1, 0.15) is 0 Å². The molecule has 0 unspecified atom stereocenters.